The van der Waals surface area contributed by atoms with Gasteiger partial charge in [0.1, 0.15) is 6.10 Å². The Bertz CT molecular complexity index is 134. The molecule has 0 aliphatic carbocycles. The van der Waals surface area contributed by atoms with Crippen molar-refractivity contribution in [3.05, 3.63) is 0 Å². The van der Waals surface area contributed by atoms with Gasteiger partial charge in [-0.05, 0) is 20.3 Å². The Hall–Kier alpha value is 0.250. The molecule has 0 bridgehead atoms. The van der Waals surface area contributed by atoms with Crippen LogP contribution in [0.15, 0.2) is 0 Å². The van der Waals surface area contributed by atoms with E-state index in [4.69, 9.17) is 16.3 Å². The number of halogens is 1. The average molecular weight is 177 g/mol. The van der Waals surface area contributed by atoms with E-state index in [1.54, 1.807) is 0 Å². The van der Waals surface area contributed by atoms with Crippen molar-refractivity contribution in [1.29, 1.82) is 0 Å². The van der Waals surface area contributed by atoms with Crippen LogP contribution >= 0.6 is 11.6 Å². The highest BCUT2D eigenvalue weighted by atomic mass is 35.5. The maximum absolute atomic E-state index is 6.12. The van der Waals surface area contributed by atoms with Crippen molar-refractivity contribution < 1.29 is 4.74 Å². The van der Waals surface area contributed by atoms with Gasteiger partial charge in [0.25, 0.3) is 0 Å². The van der Waals surface area contributed by atoms with Crippen LogP contribution in [0.2, 0.25) is 0 Å². The summed E-state index contributed by atoms with van der Waals surface area (Å²) >= 11 is 6.12. The van der Waals surface area contributed by atoms with Crippen LogP contribution < -0.4 is 0 Å². The second kappa shape index (κ2) is 3.32. The summed E-state index contributed by atoms with van der Waals surface area (Å²) in [5, 5.41) is 0.227. The van der Waals surface area contributed by atoms with Gasteiger partial charge in [-0.3, -0.25) is 0 Å². The lowest BCUT2D eigenvalue weighted by molar-refractivity contribution is 0.319. The normalized spacial score (nSPS) is 30.0. The molecule has 0 spiro atoms. The molecule has 1 aliphatic heterocycles. The molecule has 0 amide bonds. The van der Waals surface area contributed by atoms with Gasteiger partial charge in [-0.1, -0.05) is 19.8 Å². The Labute approximate surface area is 74.1 Å². The number of alkyl halides is 1. The number of ether oxygens (including phenoxy) is 1. The van der Waals surface area contributed by atoms with E-state index in [1.165, 1.54) is 12.8 Å². The molecule has 1 rings (SSSR count). The van der Waals surface area contributed by atoms with E-state index in [0.29, 0.717) is 6.10 Å². The van der Waals surface area contributed by atoms with E-state index >= 15 is 0 Å². The van der Waals surface area contributed by atoms with Crippen LogP contribution in [0.1, 0.15) is 40.0 Å². The van der Waals surface area contributed by atoms with E-state index in [0.717, 1.165) is 6.42 Å². The summed E-state index contributed by atoms with van der Waals surface area (Å²) < 4.78 is 5.43. The Balaban J connectivity index is 2.17. The quantitative estimate of drug-likeness (QED) is 0.474. The highest BCUT2D eigenvalue weighted by Gasteiger charge is 2.51. The van der Waals surface area contributed by atoms with Crippen LogP contribution in [-0.4, -0.2) is 17.1 Å². The molecule has 1 fully saturated rings. The number of hydrogen-bond donors (Lipinski definition) is 0. The zero-order valence-corrected chi connectivity index (χ0v) is 8.32. The van der Waals surface area contributed by atoms with Crippen molar-refractivity contribution in [1.82, 2.24) is 0 Å². The van der Waals surface area contributed by atoms with E-state index in [-0.39, 0.29) is 11.0 Å². The molecule has 0 aromatic heterocycles. The minimum Gasteiger partial charge on any atom is -0.365 e. The number of rotatable bonds is 4. The van der Waals surface area contributed by atoms with Crippen LogP contribution in [0.25, 0.3) is 0 Å². The standard InChI is InChI=1S/C9H17ClO/c1-4-5-6-7(10)8-9(2,3)11-8/h7-8H,4-6H2,1-3H3. The predicted octanol–water partition coefficient (Wildman–Crippen LogP) is 2.96. The topological polar surface area (TPSA) is 12.5 Å². The van der Waals surface area contributed by atoms with Gasteiger partial charge in [-0.25, -0.2) is 0 Å². The molecule has 2 atom stereocenters. The summed E-state index contributed by atoms with van der Waals surface area (Å²) in [5.41, 5.74) is 0.0557. The highest BCUT2D eigenvalue weighted by molar-refractivity contribution is 6.21. The molecule has 0 radical (unpaired) electrons. The Kier molecular flexibility index (Phi) is 2.82. The highest BCUT2D eigenvalue weighted by Crippen LogP contribution is 2.41. The first-order valence-electron chi connectivity index (χ1n) is 4.40. The summed E-state index contributed by atoms with van der Waals surface area (Å²) in [6, 6.07) is 0. The molecule has 0 saturated carbocycles. The van der Waals surface area contributed by atoms with Gasteiger partial charge in [-0.15, -0.1) is 11.6 Å². The van der Waals surface area contributed by atoms with Crippen LogP contribution in [-0.2, 0) is 4.74 Å². The SMILES string of the molecule is CCCCC(Cl)C1OC1(C)C. The maximum Gasteiger partial charge on any atom is 0.103 e. The third kappa shape index (κ3) is 2.34. The van der Waals surface area contributed by atoms with Crippen LogP contribution in [0, 0.1) is 0 Å². The first-order valence-corrected chi connectivity index (χ1v) is 4.83. The zero-order chi connectivity index (χ0) is 8.48. The lowest BCUT2D eigenvalue weighted by Crippen LogP contribution is -2.14. The minimum atomic E-state index is 0.0557. The second-order valence-electron chi connectivity index (χ2n) is 3.80. The van der Waals surface area contributed by atoms with Crippen LogP contribution in [0.3, 0.4) is 0 Å². The Morgan fingerprint density at radius 2 is 2.09 bits per heavy atom. The molecule has 0 aromatic rings. The lowest BCUT2D eigenvalue weighted by atomic mass is 10.0. The number of epoxide rings is 1. The minimum absolute atomic E-state index is 0.0557. The molecular formula is C9H17ClO. The fourth-order valence-electron chi connectivity index (χ4n) is 1.35. The molecular weight excluding hydrogens is 160 g/mol. The van der Waals surface area contributed by atoms with Gasteiger partial charge >= 0.3 is 0 Å². The van der Waals surface area contributed by atoms with Gasteiger partial charge in [0, 0.05) is 0 Å². The molecule has 1 heterocycles. The molecule has 0 aromatic carbocycles. The molecule has 1 nitrogen and oxygen atoms in total. The molecule has 2 unspecified atom stereocenters. The second-order valence-corrected chi connectivity index (χ2v) is 4.36. The van der Waals surface area contributed by atoms with Crippen molar-refractivity contribution in [2.45, 2.75) is 57.1 Å². The predicted molar refractivity (Wildman–Crippen MR) is 48.1 cm³/mol. The van der Waals surface area contributed by atoms with Crippen molar-refractivity contribution in [2.75, 3.05) is 0 Å². The van der Waals surface area contributed by atoms with E-state index in [9.17, 15) is 0 Å². The van der Waals surface area contributed by atoms with Gasteiger partial charge in [0.15, 0.2) is 0 Å². The third-order valence-electron chi connectivity index (χ3n) is 2.22. The summed E-state index contributed by atoms with van der Waals surface area (Å²) in [6.45, 7) is 6.38. The third-order valence-corrected chi connectivity index (χ3v) is 2.67. The van der Waals surface area contributed by atoms with Crippen molar-refractivity contribution in [3.8, 4) is 0 Å². The molecule has 1 saturated heterocycles. The molecule has 11 heavy (non-hydrogen) atoms. The fraction of sp³-hybridized carbons (Fsp3) is 1.00. The van der Waals surface area contributed by atoms with Gasteiger partial charge in [-0.2, -0.15) is 0 Å². The van der Waals surface area contributed by atoms with Gasteiger partial charge < -0.3 is 4.74 Å². The van der Waals surface area contributed by atoms with Crippen LogP contribution in [0.4, 0.5) is 0 Å². The van der Waals surface area contributed by atoms with Crippen molar-refractivity contribution in [3.63, 3.8) is 0 Å². The van der Waals surface area contributed by atoms with E-state index in [2.05, 4.69) is 20.8 Å². The summed E-state index contributed by atoms with van der Waals surface area (Å²) in [6.07, 6.45) is 3.82. The molecule has 66 valence electrons. The van der Waals surface area contributed by atoms with Gasteiger partial charge in [0.2, 0.25) is 0 Å². The maximum atomic E-state index is 6.12. The summed E-state index contributed by atoms with van der Waals surface area (Å²) in [7, 11) is 0. The molecule has 2 heteroatoms. The summed E-state index contributed by atoms with van der Waals surface area (Å²) in [4.78, 5) is 0. The van der Waals surface area contributed by atoms with E-state index < -0.39 is 0 Å². The van der Waals surface area contributed by atoms with Crippen LogP contribution in [0.5, 0.6) is 0 Å². The molecule has 0 N–H and O–H groups in total. The first kappa shape index (κ1) is 9.34. The Morgan fingerprint density at radius 3 is 2.45 bits per heavy atom. The first-order chi connectivity index (χ1) is 5.08. The lowest BCUT2D eigenvalue weighted by Gasteiger charge is -2.05. The largest absolute Gasteiger partial charge is 0.365 e. The van der Waals surface area contributed by atoms with Gasteiger partial charge in [0.05, 0.1) is 11.0 Å². The van der Waals surface area contributed by atoms with E-state index in [1.807, 2.05) is 0 Å². The van der Waals surface area contributed by atoms with Crippen molar-refractivity contribution >= 4 is 11.6 Å². The smallest absolute Gasteiger partial charge is 0.103 e. The fourth-order valence-corrected chi connectivity index (χ4v) is 1.86. The summed E-state index contributed by atoms with van der Waals surface area (Å²) in [5.74, 6) is 0. The average Bonchev–Trinajstić information content (AvgIpc) is 2.55. The Morgan fingerprint density at radius 1 is 1.55 bits per heavy atom. The number of hydrogen-bond acceptors (Lipinski definition) is 1. The van der Waals surface area contributed by atoms with Crippen molar-refractivity contribution in [2.24, 2.45) is 0 Å². The monoisotopic (exact) mass is 176 g/mol. The zero-order valence-electron chi connectivity index (χ0n) is 7.56. The number of unbranched alkanes of at least 4 members (excludes halogenated alkanes) is 1. The molecule has 1 aliphatic rings.